The molecule has 2 amide bonds. The third kappa shape index (κ3) is 4.08. The summed E-state index contributed by atoms with van der Waals surface area (Å²) >= 11 is 1.41. The van der Waals surface area contributed by atoms with Gasteiger partial charge in [-0.3, -0.25) is 9.59 Å². The zero-order valence-corrected chi connectivity index (χ0v) is 15.0. The number of carbonyl (C=O) groups excluding carboxylic acids is 2. The summed E-state index contributed by atoms with van der Waals surface area (Å²) in [7, 11) is 1.66. The zero-order chi connectivity index (χ0) is 17.7. The maximum Gasteiger partial charge on any atom is 0.265 e. The van der Waals surface area contributed by atoms with E-state index in [4.69, 9.17) is 4.74 Å². The van der Waals surface area contributed by atoms with Gasteiger partial charge in [-0.1, -0.05) is 18.2 Å². The molecule has 0 unspecified atom stereocenters. The molecule has 0 saturated heterocycles. The third-order valence-electron chi connectivity index (χ3n) is 4.44. The summed E-state index contributed by atoms with van der Waals surface area (Å²) in [6, 6.07) is 11.2. The second-order valence-electron chi connectivity index (χ2n) is 6.19. The highest BCUT2D eigenvalue weighted by molar-refractivity contribution is 7.12. The van der Waals surface area contributed by atoms with Crippen LogP contribution in [0.4, 0.5) is 5.69 Å². The first-order valence-corrected chi connectivity index (χ1v) is 9.26. The molecule has 2 aromatic rings. The molecular formula is C19H22N2O3S. The molecule has 1 saturated carbocycles. The molecule has 0 radical (unpaired) electrons. The molecule has 1 aromatic heterocycles. The largest absolute Gasteiger partial charge is 0.385 e. The smallest absolute Gasteiger partial charge is 0.265 e. The van der Waals surface area contributed by atoms with Crippen molar-refractivity contribution < 1.29 is 14.3 Å². The fourth-order valence-electron chi connectivity index (χ4n) is 2.83. The Morgan fingerprint density at radius 3 is 2.56 bits per heavy atom. The molecule has 1 heterocycles. The van der Waals surface area contributed by atoms with Crippen molar-refractivity contribution >= 4 is 28.8 Å². The lowest BCUT2D eigenvalue weighted by Crippen LogP contribution is -2.35. The highest BCUT2D eigenvalue weighted by Crippen LogP contribution is 2.48. The number of ether oxygens (including phenoxy) is 1. The molecule has 6 heteroatoms. The topological polar surface area (TPSA) is 67.4 Å². The Kier molecular flexibility index (Phi) is 5.50. The summed E-state index contributed by atoms with van der Waals surface area (Å²) in [6.45, 7) is 1.27. The predicted octanol–water partition coefficient (Wildman–Crippen LogP) is 3.18. The van der Waals surface area contributed by atoms with Crippen molar-refractivity contribution in [3.8, 4) is 0 Å². The Morgan fingerprint density at radius 1 is 1.20 bits per heavy atom. The molecule has 0 bridgehead atoms. The van der Waals surface area contributed by atoms with E-state index in [1.807, 2.05) is 35.7 Å². The highest BCUT2D eigenvalue weighted by Gasteiger charge is 2.50. The maximum absolute atomic E-state index is 12.5. The van der Waals surface area contributed by atoms with Crippen molar-refractivity contribution in [1.82, 2.24) is 5.32 Å². The first-order chi connectivity index (χ1) is 12.2. The third-order valence-corrected chi connectivity index (χ3v) is 5.30. The van der Waals surface area contributed by atoms with Crippen molar-refractivity contribution in [3.05, 3.63) is 52.2 Å². The van der Waals surface area contributed by atoms with Crippen LogP contribution in [-0.4, -0.2) is 32.1 Å². The number of amides is 2. The van der Waals surface area contributed by atoms with E-state index in [-0.39, 0.29) is 11.8 Å². The van der Waals surface area contributed by atoms with Crippen LogP contribution in [0.2, 0.25) is 0 Å². The Bertz CT molecular complexity index is 722. The quantitative estimate of drug-likeness (QED) is 0.712. The molecule has 1 aliphatic rings. The van der Waals surface area contributed by atoms with E-state index in [0.717, 1.165) is 30.5 Å². The summed E-state index contributed by atoms with van der Waals surface area (Å²) < 4.78 is 5.00. The summed E-state index contributed by atoms with van der Waals surface area (Å²) in [4.78, 5) is 25.2. The molecule has 1 aromatic carbocycles. The molecule has 25 heavy (non-hydrogen) atoms. The summed E-state index contributed by atoms with van der Waals surface area (Å²) in [5.74, 6) is -0.0289. The number of nitrogens with one attached hydrogen (secondary N) is 2. The van der Waals surface area contributed by atoms with Gasteiger partial charge in [-0.25, -0.2) is 0 Å². The lowest BCUT2D eigenvalue weighted by molar-refractivity contribution is -0.123. The van der Waals surface area contributed by atoms with E-state index < -0.39 is 5.41 Å². The Hall–Kier alpha value is -2.18. The van der Waals surface area contributed by atoms with Gasteiger partial charge < -0.3 is 15.4 Å². The molecular weight excluding hydrogens is 336 g/mol. The van der Waals surface area contributed by atoms with E-state index in [1.165, 1.54) is 11.3 Å². The van der Waals surface area contributed by atoms with Gasteiger partial charge in [0.25, 0.3) is 5.91 Å². The highest BCUT2D eigenvalue weighted by atomic mass is 32.1. The average molecular weight is 358 g/mol. The molecule has 2 N–H and O–H groups in total. The lowest BCUT2D eigenvalue weighted by Gasteiger charge is -2.16. The van der Waals surface area contributed by atoms with Crippen molar-refractivity contribution in [1.29, 1.82) is 0 Å². The van der Waals surface area contributed by atoms with Gasteiger partial charge >= 0.3 is 0 Å². The monoisotopic (exact) mass is 358 g/mol. The number of benzene rings is 1. The van der Waals surface area contributed by atoms with E-state index in [1.54, 1.807) is 13.2 Å². The van der Waals surface area contributed by atoms with Crippen LogP contribution < -0.4 is 10.6 Å². The van der Waals surface area contributed by atoms with E-state index in [9.17, 15) is 9.59 Å². The molecule has 0 atom stereocenters. The van der Waals surface area contributed by atoms with Crippen LogP contribution in [0, 0.1) is 0 Å². The van der Waals surface area contributed by atoms with Gasteiger partial charge in [0.2, 0.25) is 5.91 Å². The first-order valence-electron chi connectivity index (χ1n) is 8.38. The second-order valence-corrected chi connectivity index (χ2v) is 7.14. The molecule has 0 aliphatic heterocycles. The molecule has 3 rings (SSSR count). The minimum absolute atomic E-state index is 0.0824. The van der Waals surface area contributed by atoms with Gasteiger partial charge in [-0.2, -0.15) is 0 Å². The zero-order valence-electron chi connectivity index (χ0n) is 14.2. The molecule has 132 valence electrons. The van der Waals surface area contributed by atoms with Crippen LogP contribution in [0.5, 0.6) is 0 Å². The van der Waals surface area contributed by atoms with Gasteiger partial charge in [0, 0.05) is 25.9 Å². The van der Waals surface area contributed by atoms with Crippen LogP contribution in [0.15, 0.2) is 41.8 Å². The number of hydrogen-bond acceptors (Lipinski definition) is 4. The minimum Gasteiger partial charge on any atom is -0.385 e. The molecule has 1 aliphatic carbocycles. The van der Waals surface area contributed by atoms with Crippen molar-refractivity contribution in [3.63, 3.8) is 0 Å². The number of hydrogen-bond donors (Lipinski definition) is 2. The van der Waals surface area contributed by atoms with Gasteiger partial charge in [0.1, 0.15) is 0 Å². The summed E-state index contributed by atoms with van der Waals surface area (Å²) in [5.41, 5.74) is 1.34. The van der Waals surface area contributed by atoms with Gasteiger partial charge in [-0.05, 0) is 48.4 Å². The van der Waals surface area contributed by atoms with Crippen LogP contribution in [0.3, 0.4) is 0 Å². The number of methoxy groups -OCH3 is 1. The number of thiophene rings is 1. The maximum atomic E-state index is 12.5. The number of anilines is 1. The van der Waals surface area contributed by atoms with Crippen LogP contribution in [-0.2, 0) is 14.9 Å². The van der Waals surface area contributed by atoms with Gasteiger partial charge in [-0.15, -0.1) is 11.3 Å². The summed E-state index contributed by atoms with van der Waals surface area (Å²) in [6.07, 6.45) is 2.54. The average Bonchev–Trinajstić information content (AvgIpc) is 3.25. The fraction of sp³-hybridized carbons (Fsp3) is 0.368. The van der Waals surface area contributed by atoms with Gasteiger partial charge in [0.05, 0.1) is 10.3 Å². The standard InChI is InChI=1S/C19H22N2O3S/c1-24-12-3-11-20-18(23)19(9-10-19)14-5-7-15(8-6-14)21-17(22)16-4-2-13-25-16/h2,4-8,13H,3,9-12H2,1H3,(H,20,23)(H,21,22). The first kappa shape index (κ1) is 17.6. The van der Waals surface area contributed by atoms with Gasteiger partial charge in [0.15, 0.2) is 0 Å². The Morgan fingerprint density at radius 2 is 1.96 bits per heavy atom. The van der Waals surface area contributed by atoms with Crippen LogP contribution >= 0.6 is 11.3 Å². The lowest BCUT2D eigenvalue weighted by atomic mass is 9.94. The SMILES string of the molecule is COCCCNC(=O)C1(c2ccc(NC(=O)c3cccs3)cc2)CC1. The van der Waals surface area contributed by atoms with Crippen molar-refractivity contribution in [2.45, 2.75) is 24.7 Å². The summed E-state index contributed by atoms with van der Waals surface area (Å²) in [5, 5.41) is 7.75. The Balaban J connectivity index is 1.60. The van der Waals surface area contributed by atoms with E-state index >= 15 is 0 Å². The van der Waals surface area contributed by atoms with Crippen molar-refractivity contribution in [2.75, 3.05) is 25.6 Å². The normalized spacial score (nSPS) is 14.8. The number of carbonyl (C=O) groups is 2. The van der Waals surface area contributed by atoms with Crippen LogP contribution in [0.1, 0.15) is 34.5 Å². The molecule has 1 fully saturated rings. The van der Waals surface area contributed by atoms with E-state index in [0.29, 0.717) is 18.0 Å². The second kappa shape index (κ2) is 7.80. The Labute approximate surface area is 151 Å². The van der Waals surface area contributed by atoms with Crippen molar-refractivity contribution in [2.24, 2.45) is 0 Å². The fourth-order valence-corrected chi connectivity index (χ4v) is 3.45. The van der Waals surface area contributed by atoms with Crippen LogP contribution in [0.25, 0.3) is 0 Å². The molecule has 5 nitrogen and oxygen atoms in total. The predicted molar refractivity (Wildman–Crippen MR) is 99.1 cm³/mol. The number of rotatable bonds is 8. The molecule has 0 spiro atoms. The minimum atomic E-state index is -0.399. The van der Waals surface area contributed by atoms with E-state index in [2.05, 4.69) is 10.6 Å².